The SMILES string of the molecule is Cc1ccn(-c2cnc(C(=O)Cc3cccc(C4(C)COCC(N)=N4)c3)cn2)n1.Cl. The highest BCUT2D eigenvalue weighted by atomic mass is 35.5. The minimum atomic E-state index is -0.551. The number of nitrogens with two attached hydrogens (primary N) is 1. The van der Waals surface area contributed by atoms with E-state index in [0.717, 1.165) is 16.8 Å². The van der Waals surface area contributed by atoms with E-state index in [1.807, 2.05) is 44.2 Å². The van der Waals surface area contributed by atoms with Gasteiger partial charge in [0.1, 0.15) is 23.7 Å². The molecule has 0 spiro atoms. The molecule has 0 fully saturated rings. The summed E-state index contributed by atoms with van der Waals surface area (Å²) in [5.41, 5.74) is 8.33. The number of ketones is 1. The fourth-order valence-corrected chi connectivity index (χ4v) is 3.30. The molecule has 0 aliphatic carbocycles. The van der Waals surface area contributed by atoms with Gasteiger partial charge in [0.2, 0.25) is 0 Å². The van der Waals surface area contributed by atoms with E-state index in [0.29, 0.717) is 30.6 Å². The molecule has 0 saturated heterocycles. The van der Waals surface area contributed by atoms with Crippen LogP contribution in [-0.4, -0.2) is 44.6 Å². The molecule has 0 amide bonds. The van der Waals surface area contributed by atoms with Crippen LogP contribution in [0.5, 0.6) is 0 Å². The number of amidine groups is 1. The molecule has 3 aromatic rings. The van der Waals surface area contributed by atoms with Crippen LogP contribution in [0.2, 0.25) is 0 Å². The van der Waals surface area contributed by atoms with Gasteiger partial charge in [-0.3, -0.25) is 9.79 Å². The predicted molar refractivity (Wildman–Crippen MR) is 115 cm³/mol. The minimum Gasteiger partial charge on any atom is -0.386 e. The van der Waals surface area contributed by atoms with Gasteiger partial charge in [0.05, 0.1) is 24.7 Å². The molecule has 0 radical (unpaired) electrons. The molecular formula is C21H23ClN6O2. The summed E-state index contributed by atoms with van der Waals surface area (Å²) in [6.45, 7) is 4.67. The Labute approximate surface area is 180 Å². The van der Waals surface area contributed by atoms with Gasteiger partial charge >= 0.3 is 0 Å². The molecule has 1 aliphatic heterocycles. The van der Waals surface area contributed by atoms with E-state index in [4.69, 9.17) is 10.5 Å². The van der Waals surface area contributed by atoms with Crippen LogP contribution in [0, 0.1) is 6.92 Å². The number of aryl methyl sites for hydroxylation is 1. The number of Topliss-reactive ketones (excluding diaryl/α,β-unsaturated/α-hetero) is 1. The van der Waals surface area contributed by atoms with E-state index in [1.54, 1.807) is 17.1 Å². The molecular weight excluding hydrogens is 404 g/mol. The molecule has 4 rings (SSSR count). The van der Waals surface area contributed by atoms with E-state index in [2.05, 4.69) is 20.1 Å². The lowest BCUT2D eigenvalue weighted by atomic mass is 9.90. The summed E-state index contributed by atoms with van der Waals surface area (Å²) < 4.78 is 7.17. The van der Waals surface area contributed by atoms with Gasteiger partial charge in [-0.1, -0.05) is 24.3 Å². The van der Waals surface area contributed by atoms with Crippen molar-refractivity contribution in [2.45, 2.75) is 25.8 Å². The van der Waals surface area contributed by atoms with Gasteiger partial charge in [0.15, 0.2) is 11.6 Å². The van der Waals surface area contributed by atoms with Crippen LogP contribution in [0.25, 0.3) is 5.82 Å². The second-order valence-electron chi connectivity index (χ2n) is 7.33. The van der Waals surface area contributed by atoms with Gasteiger partial charge in [-0.15, -0.1) is 12.4 Å². The van der Waals surface area contributed by atoms with Crippen molar-refractivity contribution in [3.63, 3.8) is 0 Å². The fourth-order valence-electron chi connectivity index (χ4n) is 3.30. The normalized spacial score (nSPS) is 18.4. The minimum absolute atomic E-state index is 0. The first-order valence-electron chi connectivity index (χ1n) is 9.32. The average molecular weight is 427 g/mol. The van der Waals surface area contributed by atoms with Crippen LogP contribution in [0.15, 0.2) is 53.9 Å². The smallest absolute Gasteiger partial charge is 0.187 e. The van der Waals surface area contributed by atoms with E-state index in [9.17, 15) is 4.79 Å². The van der Waals surface area contributed by atoms with E-state index >= 15 is 0 Å². The Hall–Kier alpha value is -3.10. The number of aliphatic imine (C=N–C) groups is 1. The second-order valence-corrected chi connectivity index (χ2v) is 7.33. The number of nitrogens with zero attached hydrogens (tertiary/aromatic N) is 5. The van der Waals surface area contributed by atoms with Crippen LogP contribution in [0.3, 0.4) is 0 Å². The Bertz CT molecular complexity index is 1080. The highest BCUT2D eigenvalue weighted by molar-refractivity contribution is 5.95. The van der Waals surface area contributed by atoms with Gasteiger partial charge in [-0.25, -0.2) is 14.6 Å². The molecule has 1 aromatic carbocycles. The predicted octanol–water partition coefficient (Wildman–Crippen LogP) is 2.42. The fraction of sp³-hybridized carbons (Fsp3) is 0.286. The van der Waals surface area contributed by atoms with Crippen LogP contribution in [0.4, 0.5) is 0 Å². The van der Waals surface area contributed by atoms with Gasteiger partial charge in [-0.2, -0.15) is 5.10 Å². The van der Waals surface area contributed by atoms with Crippen molar-refractivity contribution in [3.8, 4) is 5.82 Å². The Morgan fingerprint density at radius 2 is 2.10 bits per heavy atom. The number of aromatic nitrogens is 4. The first-order valence-corrected chi connectivity index (χ1v) is 9.32. The number of carbonyl (C=O) groups excluding carboxylic acids is 1. The topological polar surface area (TPSA) is 108 Å². The van der Waals surface area contributed by atoms with Gasteiger partial charge in [-0.05, 0) is 31.0 Å². The van der Waals surface area contributed by atoms with Crippen molar-refractivity contribution >= 4 is 24.0 Å². The number of carbonyl (C=O) groups is 1. The third-order valence-corrected chi connectivity index (χ3v) is 4.82. The summed E-state index contributed by atoms with van der Waals surface area (Å²) in [7, 11) is 0. The Morgan fingerprint density at radius 3 is 2.77 bits per heavy atom. The summed E-state index contributed by atoms with van der Waals surface area (Å²) in [5, 5.41) is 4.29. The van der Waals surface area contributed by atoms with E-state index < -0.39 is 5.54 Å². The molecule has 156 valence electrons. The first-order chi connectivity index (χ1) is 13.9. The molecule has 30 heavy (non-hydrogen) atoms. The maximum absolute atomic E-state index is 12.7. The lowest BCUT2D eigenvalue weighted by Gasteiger charge is -2.30. The molecule has 9 heteroatoms. The summed E-state index contributed by atoms with van der Waals surface area (Å²) in [6.07, 6.45) is 5.06. The molecule has 0 saturated carbocycles. The second kappa shape index (κ2) is 8.73. The maximum atomic E-state index is 12.7. The third kappa shape index (κ3) is 4.55. The Kier molecular flexibility index (Phi) is 6.28. The van der Waals surface area contributed by atoms with E-state index in [1.165, 1.54) is 6.20 Å². The van der Waals surface area contributed by atoms with Crippen LogP contribution in [-0.2, 0) is 16.7 Å². The zero-order valence-corrected chi connectivity index (χ0v) is 17.6. The number of halogens is 1. The monoisotopic (exact) mass is 426 g/mol. The van der Waals surface area contributed by atoms with Crippen molar-refractivity contribution in [2.24, 2.45) is 10.7 Å². The highest BCUT2D eigenvalue weighted by Crippen LogP contribution is 2.29. The molecule has 2 aromatic heterocycles. The number of hydrogen-bond donors (Lipinski definition) is 1. The van der Waals surface area contributed by atoms with Crippen molar-refractivity contribution in [1.82, 2.24) is 19.7 Å². The van der Waals surface area contributed by atoms with E-state index in [-0.39, 0.29) is 24.6 Å². The van der Waals surface area contributed by atoms with Crippen molar-refractivity contribution < 1.29 is 9.53 Å². The quantitative estimate of drug-likeness (QED) is 0.627. The molecule has 2 N–H and O–H groups in total. The summed E-state index contributed by atoms with van der Waals surface area (Å²) in [5.74, 6) is 0.936. The molecule has 3 heterocycles. The maximum Gasteiger partial charge on any atom is 0.187 e. The molecule has 1 atom stereocenters. The zero-order chi connectivity index (χ0) is 20.4. The number of benzene rings is 1. The lowest BCUT2D eigenvalue weighted by molar-refractivity contribution is 0.0987. The highest BCUT2D eigenvalue weighted by Gasteiger charge is 2.30. The molecule has 0 bridgehead atoms. The standard InChI is InChI=1S/C21H22N6O2.ClH/c1-14-6-7-27(26-14)20-11-23-17(10-24-20)18(28)9-15-4-3-5-16(8-15)21(2)13-29-12-19(22)25-21;/h3-8,10-11H,9,12-13H2,1-2H3,(H2,22,25);1H. The van der Waals surface area contributed by atoms with Crippen molar-refractivity contribution in [2.75, 3.05) is 13.2 Å². The number of rotatable bonds is 5. The van der Waals surface area contributed by atoms with Crippen LogP contribution in [0.1, 0.15) is 34.2 Å². The first kappa shape index (κ1) is 21.6. The zero-order valence-electron chi connectivity index (χ0n) is 16.8. The van der Waals surface area contributed by atoms with Gasteiger partial charge in [0, 0.05) is 12.6 Å². The lowest BCUT2D eigenvalue weighted by Crippen LogP contribution is -2.37. The van der Waals surface area contributed by atoms with Gasteiger partial charge < -0.3 is 10.5 Å². The van der Waals surface area contributed by atoms with Crippen LogP contribution < -0.4 is 5.73 Å². The van der Waals surface area contributed by atoms with Crippen molar-refractivity contribution in [1.29, 1.82) is 0 Å². The Balaban J connectivity index is 0.00000256. The molecule has 1 aliphatic rings. The number of ether oxygens (including phenoxy) is 1. The number of hydrogen-bond acceptors (Lipinski definition) is 7. The molecule has 8 nitrogen and oxygen atoms in total. The van der Waals surface area contributed by atoms with Crippen LogP contribution >= 0.6 is 12.4 Å². The summed E-state index contributed by atoms with van der Waals surface area (Å²) in [4.78, 5) is 25.8. The van der Waals surface area contributed by atoms with Crippen molar-refractivity contribution in [3.05, 3.63) is 71.4 Å². The Morgan fingerprint density at radius 1 is 1.27 bits per heavy atom. The summed E-state index contributed by atoms with van der Waals surface area (Å²) >= 11 is 0. The largest absolute Gasteiger partial charge is 0.386 e. The average Bonchev–Trinajstić information content (AvgIpc) is 3.14. The third-order valence-electron chi connectivity index (χ3n) is 4.82. The van der Waals surface area contributed by atoms with Gasteiger partial charge in [0.25, 0.3) is 0 Å². The summed E-state index contributed by atoms with van der Waals surface area (Å²) in [6, 6.07) is 9.65. The molecule has 1 unspecified atom stereocenters.